The van der Waals surface area contributed by atoms with Gasteiger partial charge in [0.2, 0.25) is 0 Å². The zero-order chi connectivity index (χ0) is 23.9. The molecular formula is C28H28N2O4. The number of aromatic carboxylic acids is 1. The van der Waals surface area contributed by atoms with Gasteiger partial charge in [0.05, 0.1) is 23.3 Å². The van der Waals surface area contributed by atoms with Crippen molar-refractivity contribution in [3.05, 3.63) is 95.7 Å². The number of unbranched alkanes of at least 4 members (excludes halogenated alkanes) is 1. The Labute approximate surface area is 198 Å². The summed E-state index contributed by atoms with van der Waals surface area (Å²) in [7, 11) is 0. The predicted molar refractivity (Wildman–Crippen MR) is 134 cm³/mol. The number of fused-ring (bicyclic) bond motifs is 1. The van der Waals surface area contributed by atoms with E-state index < -0.39 is 11.9 Å². The normalized spacial score (nSPS) is 10.9. The summed E-state index contributed by atoms with van der Waals surface area (Å²) in [5.41, 5.74) is 3.66. The summed E-state index contributed by atoms with van der Waals surface area (Å²) in [5.74, 6) is -1.63. The molecule has 0 fully saturated rings. The van der Waals surface area contributed by atoms with Gasteiger partial charge in [-0.25, -0.2) is 9.59 Å². The van der Waals surface area contributed by atoms with Crippen LogP contribution >= 0.6 is 0 Å². The van der Waals surface area contributed by atoms with Gasteiger partial charge in [0.15, 0.2) is 0 Å². The number of esters is 1. The monoisotopic (exact) mass is 456 g/mol. The Morgan fingerprint density at radius 1 is 0.941 bits per heavy atom. The second-order valence-corrected chi connectivity index (χ2v) is 8.03. The second kappa shape index (κ2) is 10.7. The van der Waals surface area contributed by atoms with Crippen molar-refractivity contribution in [1.82, 2.24) is 4.57 Å². The van der Waals surface area contributed by atoms with Crippen molar-refractivity contribution in [3.63, 3.8) is 0 Å². The standard InChI is InChI=1S/C28H28N2O4/c1-2-34-28(33)26-23(29-18-10-9-13-20-11-5-3-6-12-20)16-17-24-25(26)22(27(31)32)19-30(24)21-14-7-4-8-15-21/h3-8,11-12,14-17,19,29H,2,9-10,13,18H2,1H3,(H,31,32). The molecule has 6 heteroatoms. The van der Waals surface area contributed by atoms with Gasteiger partial charge >= 0.3 is 11.9 Å². The minimum atomic E-state index is -1.09. The van der Waals surface area contributed by atoms with Crippen LogP contribution < -0.4 is 5.32 Å². The quantitative estimate of drug-likeness (QED) is 0.228. The molecule has 0 unspecified atom stereocenters. The van der Waals surface area contributed by atoms with Gasteiger partial charge in [-0.1, -0.05) is 48.5 Å². The number of hydrogen-bond donors (Lipinski definition) is 2. The lowest BCUT2D eigenvalue weighted by molar-refractivity contribution is 0.0529. The first kappa shape index (κ1) is 23.1. The fourth-order valence-electron chi connectivity index (χ4n) is 4.18. The molecule has 3 aromatic carbocycles. The maximum absolute atomic E-state index is 13.0. The number of benzene rings is 3. The van der Waals surface area contributed by atoms with Crippen LogP contribution in [0.4, 0.5) is 5.69 Å². The van der Waals surface area contributed by atoms with E-state index in [1.807, 2.05) is 60.7 Å². The topological polar surface area (TPSA) is 80.6 Å². The number of aryl methyl sites for hydroxylation is 1. The summed E-state index contributed by atoms with van der Waals surface area (Å²) < 4.78 is 7.13. The second-order valence-electron chi connectivity index (χ2n) is 8.03. The molecule has 0 aliphatic rings. The number of nitrogens with one attached hydrogen (secondary N) is 1. The minimum Gasteiger partial charge on any atom is -0.478 e. The van der Waals surface area contributed by atoms with Crippen molar-refractivity contribution in [2.45, 2.75) is 26.2 Å². The molecule has 0 radical (unpaired) electrons. The third-order valence-corrected chi connectivity index (χ3v) is 5.77. The highest BCUT2D eigenvalue weighted by atomic mass is 16.5. The number of ether oxygens (including phenoxy) is 1. The Hall–Kier alpha value is -4.06. The fraction of sp³-hybridized carbons (Fsp3) is 0.214. The highest BCUT2D eigenvalue weighted by Crippen LogP contribution is 2.33. The van der Waals surface area contributed by atoms with Crippen LogP contribution in [0.25, 0.3) is 16.6 Å². The van der Waals surface area contributed by atoms with E-state index in [9.17, 15) is 14.7 Å². The molecule has 0 amide bonds. The molecular weight excluding hydrogens is 428 g/mol. The van der Waals surface area contributed by atoms with Crippen LogP contribution in [0.2, 0.25) is 0 Å². The van der Waals surface area contributed by atoms with Crippen LogP contribution in [-0.2, 0) is 11.2 Å². The van der Waals surface area contributed by atoms with Gasteiger partial charge in [-0.05, 0) is 56.0 Å². The van der Waals surface area contributed by atoms with Gasteiger partial charge in [0.1, 0.15) is 0 Å². The van der Waals surface area contributed by atoms with Crippen molar-refractivity contribution in [2.24, 2.45) is 0 Å². The first-order valence-electron chi connectivity index (χ1n) is 11.5. The Balaban J connectivity index is 1.66. The summed E-state index contributed by atoms with van der Waals surface area (Å²) >= 11 is 0. The molecule has 34 heavy (non-hydrogen) atoms. The molecule has 0 spiro atoms. The number of hydrogen-bond acceptors (Lipinski definition) is 4. The molecule has 0 aliphatic carbocycles. The van der Waals surface area contributed by atoms with E-state index in [0.717, 1.165) is 24.9 Å². The zero-order valence-electron chi connectivity index (χ0n) is 19.2. The van der Waals surface area contributed by atoms with Crippen LogP contribution in [0, 0.1) is 0 Å². The van der Waals surface area contributed by atoms with E-state index >= 15 is 0 Å². The first-order valence-corrected chi connectivity index (χ1v) is 11.5. The average molecular weight is 457 g/mol. The van der Waals surface area contributed by atoms with Crippen LogP contribution in [0.3, 0.4) is 0 Å². The summed E-state index contributed by atoms with van der Waals surface area (Å²) in [5, 5.41) is 13.7. The van der Waals surface area contributed by atoms with E-state index in [-0.39, 0.29) is 17.7 Å². The molecule has 0 saturated heterocycles. The molecule has 1 aromatic heterocycles. The largest absolute Gasteiger partial charge is 0.478 e. The molecule has 1 heterocycles. The molecule has 0 atom stereocenters. The van der Waals surface area contributed by atoms with Gasteiger partial charge in [-0.15, -0.1) is 0 Å². The number of carbonyl (C=O) groups excluding carboxylic acids is 1. The predicted octanol–water partition coefficient (Wildman–Crippen LogP) is 5.94. The Bertz CT molecular complexity index is 1280. The van der Waals surface area contributed by atoms with Gasteiger partial charge in [-0.2, -0.15) is 0 Å². The Kier molecular flexibility index (Phi) is 7.28. The maximum Gasteiger partial charge on any atom is 0.340 e. The number of anilines is 1. The average Bonchev–Trinajstić information content (AvgIpc) is 3.25. The van der Waals surface area contributed by atoms with Gasteiger partial charge in [0, 0.05) is 29.5 Å². The third kappa shape index (κ3) is 4.96. The lowest BCUT2D eigenvalue weighted by Gasteiger charge is -2.14. The van der Waals surface area contributed by atoms with E-state index in [1.54, 1.807) is 17.7 Å². The molecule has 6 nitrogen and oxygen atoms in total. The van der Waals surface area contributed by atoms with E-state index in [0.29, 0.717) is 23.1 Å². The van der Waals surface area contributed by atoms with Gasteiger partial charge < -0.3 is 19.7 Å². The number of carbonyl (C=O) groups is 2. The highest BCUT2D eigenvalue weighted by Gasteiger charge is 2.25. The van der Waals surface area contributed by atoms with Gasteiger partial charge in [0.25, 0.3) is 0 Å². The number of carboxylic acid groups (broad SMARTS) is 1. The highest BCUT2D eigenvalue weighted by molar-refractivity contribution is 6.16. The van der Waals surface area contributed by atoms with Crippen molar-refractivity contribution < 1.29 is 19.4 Å². The van der Waals surface area contributed by atoms with Crippen LogP contribution in [0.5, 0.6) is 0 Å². The lowest BCUT2D eigenvalue weighted by Crippen LogP contribution is -2.12. The Morgan fingerprint density at radius 2 is 1.65 bits per heavy atom. The molecule has 0 bridgehead atoms. The number of carboxylic acids is 1. The van der Waals surface area contributed by atoms with Crippen LogP contribution in [0.1, 0.15) is 46.0 Å². The Morgan fingerprint density at radius 3 is 2.32 bits per heavy atom. The summed E-state index contributed by atoms with van der Waals surface area (Å²) in [4.78, 5) is 25.2. The molecule has 0 saturated carbocycles. The van der Waals surface area contributed by atoms with E-state index in [2.05, 4.69) is 17.4 Å². The third-order valence-electron chi connectivity index (χ3n) is 5.77. The van der Waals surface area contributed by atoms with Crippen LogP contribution in [-0.4, -0.2) is 34.8 Å². The summed E-state index contributed by atoms with van der Waals surface area (Å²) in [6, 6.07) is 23.5. The number of para-hydroxylation sites is 1. The van der Waals surface area contributed by atoms with Crippen molar-refractivity contribution >= 4 is 28.5 Å². The number of rotatable bonds is 10. The van der Waals surface area contributed by atoms with Crippen molar-refractivity contribution in [3.8, 4) is 5.69 Å². The molecule has 4 rings (SSSR count). The molecule has 2 N–H and O–H groups in total. The van der Waals surface area contributed by atoms with Crippen molar-refractivity contribution in [2.75, 3.05) is 18.5 Å². The minimum absolute atomic E-state index is 0.0645. The fourth-order valence-corrected chi connectivity index (χ4v) is 4.18. The number of aromatic nitrogens is 1. The molecule has 0 aliphatic heterocycles. The molecule has 174 valence electrons. The smallest absolute Gasteiger partial charge is 0.340 e. The van der Waals surface area contributed by atoms with E-state index in [1.165, 1.54) is 5.56 Å². The van der Waals surface area contributed by atoms with E-state index in [4.69, 9.17) is 4.74 Å². The number of nitrogens with zero attached hydrogens (tertiary/aromatic N) is 1. The zero-order valence-corrected chi connectivity index (χ0v) is 19.2. The summed E-state index contributed by atoms with van der Waals surface area (Å²) in [6.07, 6.45) is 4.45. The maximum atomic E-state index is 13.0. The van der Waals surface area contributed by atoms with Crippen molar-refractivity contribution in [1.29, 1.82) is 0 Å². The lowest BCUT2D eigenvalue weighted by atomic mass is 10.0. The van der Waals surface area contributed by atoms with Crippen LogP contribution in [0.15, 0.2) is 79.0 Å². The SMILES string of the molecule is CCOC(=O)c1c(NCCCCc2ccccc2)ccc2c1c(C(=O)O)cn2-c1ccccc1. The molecule has 4 aromatic rings. The van der Waals surface area contributed by atoms with Gasteiger partial charge in [-0.3, -0.25) is 0 Å². The summed E-state index contributed by atoms with van der Waals surface area (Å²) in [6.45, 7) is 2.60. The first-order chi connectivity index (χ1) is 16.6.